The van der Waals surface area contributed by atoms with Crippen molar-refractivity contribution in [2.24, 2.45) is 0 Å². The maximum absolute atomic E-state index is 12.7. The summed E-state index contributed by atoms with van der Waals surface area (Å²) in [6.07, 6.45) is 3.44. The van der Waals surface area contributed by atoms with E-state index in [0.717, 1.165) is 17.1 Å². The van der Waals surface area contributed by atoms with E-state index in [1.54, 1.807) is 29.4 Å². The fourth-order valence-electron chi connectivity index (χ4n) is 3.28. The van der Waals surface area contributed by atoms with Crippen molar-refractivity contribution in [2.45, 2.75) is 0 Å². The number of benzene rings is 1. The van der Waals surface area contributed by atoms with Crippen LogP contribution in [0, 0.1) is 10.1 Å². The van der Waals surface area contributed by atoms with Crippen molar-refractivity contribution in [3.8, 4) is 11.3 Å². The molecule has 146 valence electrons. The van der Waals surface area contributed by atoms with Crippen molar-refractivity contribution in [1.82, 2.24) is 20.1 Å². The number of carbonyl (C=O) groups is 1. The number of hydrogen-bond acceptors (Lipinski definition) is 7. The molecule has 0 unspecified atom stereocenters. The van der Waals surface area contributed by atoms with Crippen LogP contribution < -0.4 is 4.90 Å². The molecular weight excluding hydrogens is 372 g/mol. The number of pyridine rings is 1. The summed E-state index contributed by atoms with van der Waals surface area (Å²) < 4.78 is 0. The largest absolute Gasteiger partial charge is 0.352 e. The molecule has 4 rings (SSSR count). The van der Waals surface area contributed by atoms with E-state index >= 15 is 0 Å². The van der Waals surface area contributed by atoms with E-state index in [9.17, 15) is 14.9 Å². The van der Waals surface area contributed by atoms with Crippen LogP contribution in [0.15, 0.2) is 60.9 Å². The topological polar surface area (TPSA) is 105 Å². The monoisotopic (exact) mass is 390 g/mol. The molecule has 0 atom stereocenters. The van der Waals surface area contributed by atoms with Gasteiger partial charge in [0, 0.05) is 50.2 Å². The summed E-state index contributed by atoms with van der Waals surface area (Å²) in [5.41, 5.74) is 1.59. The number of amides is 1. The molecule has 1 amide bonds. The fourth-order valence-corrected chi connectivity index (χ4v) is 3.28. The Morgan fingerprint density at radius 3 is 2.41 bits per heavy atom. The second-order valence-electron chi connectivity index (χ2n) is 6.57. The van der Waals surface area contributed by atoms with E-state index in [0.29, 0.717) is 26.2 Å². The van der Waals surface area contributed by atoms with Crippen LogP contribution in [0.1, 0.15) is 10.4 Å². The Morgan fingerprint density at radius 1 is 0.966 bits per heavy atom. The molecule has 0 N–H and O–H groups in total. The Balaban J connectivity index is 1.42. The first-order chi connectivity index (χ1) is 14.1. The van der Waals surface area contributed by atoms with Crippen LogP contribution in [-0.4, -0.2) is 57.1 Å². The first-order valence-electron chi connectivity index (χ1n) is 9.15. The highest BCUT2D eigenvalue weighted by molar-refractivity contribution is 5.98. The average molecular weight is 390 g/mol. The first kappa shape index (κ1) is 18.5. The molecule has 0 aliphatic carbocycles. The van der Waals surface area contributed by atoms with Gasteiger partial charge in [-0.15, -0.1) is 10.2 Å². The zero-order chi connectivity index (χ0) is 20.2. The summed E-state index contributed by atoms with van der Waals surface area (Å²) in [4.78, 5) is 31.2. The molecule has 3 heterocycles. The van der Waals surface area contributed by atoms with Crippen molar-refractivity contribution >= 4 is 17.4 Å². The lowest BCUT2D eigenvalue weighted by Crippen LogP contribution is -2.49. The van der Waals surface area contributed by atoms with E-state index < -0.39 is 4.92 Å². The number of nitro benzene ring substituents is 1. The van der Waals surface area contributed by atoms with Crippen LogP contribution in [0.4, 0.5) is 11.5 Å². The minimum Gasteiger partial charge on any atom is -0.352 e. The molecule has 1 saturated heterocycles. The van der Waals surface area contributed by atoms with Gasteiger partial charge in [0.25, 0.3) is 11.6 Å². The van der Waals surface area contributed by atoms with E-state index in [1.807, 2.05) is 29.2 Å². The lowest BCUT2D eigenvalue weighted by Gasteiger charge is -2.35. The third-order valence-electron chi connectivity index (χ3n) is 4.83. The second-order valence-corrected chi connectivity index (χ2v) is 6.57. The van der Waals surface area contributed by atoms with Gasteiger partial charge < -0.3 is 9.80 Å². The highest BCUT2D eigenvalue weighted by Gasteiger charge is 2.27. The molecule has 0 spiro atoms. The maximum Gasteiger partial charge on any atom is 0.282 e. The molecule has 29 heavy (non-hydrogen) atoms. The van der Waals surface area contributed by atoms with Crippen molar-refractivity contribution in [2.75, 3.05) is 31.1 Å². The predicted octanol–water partition coefficient (Wildman–Crippen LogP) is 2.41. The van der Waals surface area contributed by atoms with E-state index in [-0.39, 0.29) is 17.2 Å². The predicted molar refractivity (Wildman–Crippen MR) is 106 cm³/mol. The summed E-state index contributed by atoms with van der Waals surface area (Å²) >= 11 is 0. The Bertz CT molecular complexity index is 1020. The van der Waals surface area contributed by atoms with Gasteiger partial charge in [-0.25, -0.2) is 0 Å². The number of aromatic nitrogens is 3. The number of rotatable bonds is 4. The van der Waals surface area contributed by atoms with Gasteiger partial charge in [-0.3, -0.25) is 19.9 Å². The summed E-state index contributed by atoms with van der Waals surface area (Å²) in [6.45, 7) is 2.06. The molecule has 0 radical (unpaired) electrons. The highest BCUT2D eigenvalue weighted by atomic mass is 16.6. The number of nitro groups is 1. The van der Waals surface area contributed by atoms with Crippen LogP contribution in [0.5, 0.6) is 0 Å². The summed E-state index contributed by atoms with van der Waals surface area (Å²) in [7, 11) is 0. The molecule has 9 heteroatoms. The number of hydrogen-bond donors (Lipinski definition) is 0. The smallest absolute Gasteiger partial charge is 0.282 e. The Hall–Kier alpha value is -3.88. The summed E-state index contributed by atoms with van der Waals surface area (Å²) in [5, 5.41) is 19.8. The summed E-state index contributed by atoms with van der Waals surface area (Å²) in [5.74, 6) is 0.408. The second kappa shape index (κ2) is 8.01. The van der Waals surface area contributed by atoms with E-state index in [4.69, 9.17) is 0 Å². The number of carbonyl (C=O) groups excluding carboxylic acids is 1. The number of piperazine rings is 1. The Kier molecular flexibility index (Phi) is 5.10. The molecule has 1 fully saturated rings. The van der Waals surface area contributed by atoms with Crippen molar-refractivity contribution in [1.29, 1.82) is 0 Å². The molecule has 1 aliphatic rings. The van der Waals surface area contributed by atoms with Crippen LogP contribution >= 0.6 is 0 Å². The van der Waals surface area contributed by atoms with E-state index in [2.05, 4.69) is 15.2 Å². The minimum atomic E-state index is -0.525. The average Bonchev–Trinajstić information content (AvgIpc) is 2.79. The molecule has 9 nitrogen and oxygen atoms in total. The van der Waals surface area contributed by atoms with Crippen molar-refractivity contribution in [3.05, 3.63) is 76.6 Å². The molecular formula is C20H18N6O3. The zero-order valence-corrected chi connectivity index (χ0v) is 15.5. The number of nitrogens with zero attached hydrogens (tertiary/aromatic N) is 6. The molecule has 3 aromatic rings. The van der Waals surface area contributed by atoms with Crippen LogP contribution in [0.2, 0.25) is 0 Å². The number of anilines is 1. The lowest BCUT2D eigenvalue weighted by atomic mass is 10.1. The van der Waals surface area contributed by atoms with Gasteiger partial charge in [0.05, 0.1) is 10.6 Å². The van der Waals surface area contributed by atoms with E-state index in [1.165, 1.54) is 12.1 Å². The van der Waals surface area contributed by atoms with Crippen LogP contribution in [-0.2, 0) is 0 Å². The van der Waals surface area contributed by atoms with Gasteiger partial charge in [0.15, 0.2) is 5.82 Å². The van der Waals surface area contributed by atoms with Gasteiger partial charge in [-0.2, -0.15) is 0 Å². The van der Waals surface area contributed by atoms with Gasteiger partial charge in [-0.05, 0) is 30.3 Å². The minimum absolute atomic E-state index is 0.117. The Labute approximate surface area is 166 Å². The molecule has 0 bridgehead atoms. The SMILES string of the molecule is O=C(c1ccccc1[N+](=O)[O-])N1CCN(c2ccc(-c3cccnc3)nn2)CC1. The third-order valence-corrected chi connectivity index (χ3v) is 4.83. The van der Waals surface area contributed by atoms with Crippen LogP contribution in [0.25, 0.3) is 11.3 Å². The maximum atomic E-state index is 12.7. The van der Waals surface area contributed by atoms with Gasteiger partial charge >= 0.3 is 0 Å². The summed E-state index contributed by atoms with van der Waals surface area (Å²) in [6, 6.07) is 13.6. The van der Waals surface area contributed by atoms with Crippen LogP contribution in [0.3, 0.4) is 0 Å². The van der Waals surface area contributed by atoms with Gasteiger partial charge in [-0.1, -0.05) is 12.1 Å². The first-order valence-corrected chi connectivity index (χ1v) is 9.15. The van der Waals surface area contributed by atoms with Gasteiger partial charge in [0.1, 0.15) is 5.56 Å². The van der Waals surface area contributed by atoms with Gasteiger partial charge in [0.2, 0.25) is 0 Å². The highest BCUT2D eigenvalue weighted by Crippen LogP contribution is 2.22. The molecule has 0 saturated carbocycles. The zero-order valence-electron chi connectivity index (χ0n) is 15.5. The quantitative estimate of drug-likeness (QED) is 0.497. The normalized spacial score (nSPS) is 13.9. The van der Waals surface area contributed by atoms with Crippen molar-refractivity contribution in [3.63, 3.8) is 0 Å². The third kappa shape index (κ3) is 3.88. The molecule has 1 aromatic carbocycles. The van der Waals surface area contributed by atoms with Crippen molar-refractivity contribution < 1.29 is 9.72 Å². The molecule has 1 aliphatic heterocycles. The lowest BCUT2D eigenvalue weighted by molar-refractivity contribution is -0.385. The Morgan fingerprint density at radius 2 is 1.76 bits per heavy atom. The number of para-hydroxylation sites is 1. The standard InChI is InChI=1S/C20H18N6O3/c27-20(16-5-1-2-6-18(16)26(28)29)25-12-10-24(11-13-25)19-8-7-17(22-23-19)15-4-3-9-21-14-15/h1-9,14H,10-13H2. The fraction of sp³-hybridized carbons (Fsp3) is 0.200. The molecule has 2 aromatic heterocycles.